The molecular formula is C14H21NO. The van der Waals surface area contributed by atoms with Crippen LogP contribution in [0.15, 0.2) is 36.4 Å². The monoisotopic (exact) mass is 219 g/mol. The summed E-state index contributed by atoms with van der Waals surface area (Å²) in [7, 11) is 1.96. The van der Waals surface area contributed by atoms with E-state index in [1.807, 2.05) is 26.1 Å². The maximum Gasteiger partial charge on any atom is 0.119 e. The number of benzene rings is 1. The molecule has 0 aromatic heterocycles. The van der Waals surface area contributed by atoms with E-state index in [1.54, 1.807) is 0 Å². The fraction of sp³-hybridized carbons (Fsp3) is 0.429. The summed E-state index contributed by atoms with van der Waals surface area (Å²) in [5, 5.41) is 3.21. The Morgan fingerprint density at radius 3 is 2.88 bits per heavy atom. The van der Waals surface area contributed by atoms with Gasteiger partial charge in [0.05, 0.1) is 6.61 Å². The van der Waals surface area contributed by atoms with Crippen molar-refractivity contribution in [1.29, 1.82) is 0 Å². The summed E-state index contributed by atoms with van der Waals surface area (Å²) in [6.07, 6.45) is 0.909. The van der Waals surface area contributed by atoms with Crippen LogP contribution in [0, 0.1) is 0 Å². The summed E-state index contributed by atoms with van der Waals surface area (Å²) in [5.41, 5.74) is 2.40. The van der Waals surface area contributed by atoms with Gasteiger partial charge in [0, 0.05) is 12.5 Å². The predicted molar refractivity (Wildman–Crippen MR) is 68.8 cm³/mol. The third-order valence-electron chi connectivity index (χ3n) is 2.59. The molecule has 1 N–H and O–H groups in total. The first-order chi connectivity index (χ1) is 7.63. The molecule has 0 saturated heterocycles. The van der Waals surface area contributed by atoms with Gasteiger partial charge in [-0.15, -0.1) is 6.58 Å². The second-order valence-electron chi connectivity index (χ2n) is 4.14. The lowest BCUT2D eigenvalue weighted by Gasteiger charge is -2.12. The Hall–Kier alpha value is -1.28. The molecular weight excluding hydrogens is 198 g/mol. The van der Waals surface area contributed by atoms with Crippen molar-refractivity contribution in [1.82, 2.24) is 5.32 Å². The van der Waals surface area contributed by atoms with Crippen LogP contribution in [0.4, 0.5) is 0 Å². The number of hydrogen-bond acceptors (Lipinski definition) is 2. The molecule has 0 heterocycles. The molecule has 2 heteroatoms. The lowest BCUT2D eigenvalue weighted by atomic mass is 10.1. The molecule has 1 unspecified atom stereocenters. The van der Waals surface area contributed by atoms with Crippen molar-refractivity contribution in [3.05, 3.63) is 42.0 Å². The lowest BCUT2D eigenvalue weighted by Crippen LogP contribution is -2.12. The van der Waals surface area contributed by atoms with Crippen LogP contribution in [0.25, 0.3) is 0 Å². The van der Waals surface area contributed by atoms with Crippen LogP contribution in [0.1, 0.15) is 31.9 Å². The third kappa shape index (κ3) is 4.07. The summed E-state index contributed by atoms with van der Waals surface area (Å²) in [6.45, 7) is 8.71. The van der Waals surface area contributed by atoms with E-state index in [-0.39, 0.29) is 0 Å². The quantitative estimate of drug-likeness (QED) is 0.741. The third-order valence-corrected chi connectivity index (χ3v) is 2.59. The van der Waals surface area contributed by atoms with Crippen LogP contribution >= 0.6 is 0 Å². The summed E-state index contributed by atoms with van der Waals surface area (Å²) >= 11 is 0. The minimum absolute atomic E-state index is 0.352. The summed E-state index contributed by atoms with van der Waals surface area (Å²) < 4.78 is 5.66. The molecule has 1 aromatic carbocycles. The Labute approximate surface area is 98.3 Å². The van der Waals surface area contributed by atoms with E-state index in [0.717, 1.165) is 17.7 Å². The Kier molecular flexibility index (Phi) is 5.06. The highest BCUT2D eigenvalue weighted by atomic mass is 16.5. The van der Waals surface area contributed by atoms with Crippen molar-refractivity contribution in [2.24, 2.45) is 0 Å². The van der Waals surface area contributed by atoms with Crippen molar-refractivity contribution in [2.45, 2.75) is 26.3 Å². The summed E-state index contributed by atoms with van der Waals surface area (Å²) in [5.74, 6) is 0.931. The van der Waals surface area contributed by atoms with Gasteiger partial charge in [-0.3, -0.25) is 0 Å². The topological polar surface area (TPSA) is 21.3 Å². The number of rotatable bonds is 6. The predicted octanol–water partition coefficient (Wildman–Crippen LogP) is 3.31. The van der Waals surface area contributed by atoms with Gasteiger partial charge in [0.2, 0.25) is 0 Å². The number of ether oxygens (including phenoxy) is 1. The molecule has 0 spiro atoms. The van der Waals surface area contributed by atoms with E-state index in [9.17, 15) is 0 Å². The highest BCUT2D eigenvalue weighted by molar-refractivity contribution is 5.30. The van der Waals surface area contributed by atoms with Crippen molar-refractivity contribution in [3.63, 3.8) is 0 Å². The van der Waals surface area contributed by atoms with Gasteiger partial charge < -0.3 is 10.1 Å². The lowest BCUT2D eigenvalue weighted by molar-refractivity contribution is 0.321. The molecule has 16 heavy (non-hydrogen) atoms. The zero-order valence-corrected chi connectivity index (χ0v) is 10.4. The number of hydrogen-bond donors (Lipinski definition) is 1. The van der Waals surface area contributed by atoms with Gasteiger partial charge in [0.15, 0.2) is 0 Å². The molecule has 1 rings (SSSR count). The van der Waals surface area contributed by atoms with Crippen molar-refractivity contribution >= 4 is 0 Å². The largest absolute Gasteiger partial charge is 0.493 e. The van der Waals surface area contributed by atoms with E-state index < -0.39 is 0 Å². The molecule has 0 aliphatic rings. The standard InChI is InChI=1S/C14H21NO/c1-11(2)8-9-16-14-7-5-6-13(10-14)12(3)15-4/h5-7,10,12,15H,1,8-9H2,2-4H3. The molecule has 0 bridgehead atoms. The minimum atomic E-state index is 0.352. The first-order valence-electron chi connectivity index (χ1n) is 5.68. The van der Waals surface area contributed by atoms with Crippen LogP contribution < -0.4 is 10.1 Å². The van der Waals surface area contributed by atoms with Gasteiger partial charge in [0.1, 0.15) is 5.75 Å². The van der Waals surface area contributed by atoms with Gasteiger partial charge in [-0.1, -0.05) is 17.7 Å². The van der Waals surface area contributed by atoms with Crippen LogP contribution in [-0.2, 0) is 0 Å². The van der Waals surface area contributed by atoms with E-state index in [1.165, 1.54) is 5.56 Å². The molecule has 2 nitrogen and oxygen atoms in total. The average Bonchev–Trinajstić information content (AvgIpc) is 2.28. The Morgan fingerprint density at radius 2 is 2.25 bits per heavy atom. The summed E-state index contributed by atoms with van der Waals surface area (Å²) in [4.78, 5) is 0. The van der Waals surface area contributed by atoms with Crippen molar-refractivity contribution in [2.75, 3.05) is 13.7 Å². The Balaban J connectivity index is 2.57. The molecule has 0 fully saturated rings. The van der Waals surface area contributed by atoms with E-state index in [0.29, 0.717) is 12.6 Å². The van der Waals surface area contributed by atoms with Gasteiger partial charge in [-0.25, -0.2) is 0 Å². The zero-order valence-electron chi connectivity index (χ0n) is 10.4. The van der Waals surface area contributed by atoms with Crippen LogP contribution in [0.5, 0.6) is 5.75 Å². The zero-order chi connectivity index (χ0) is 12.0. The molecule has 0 aliphatic carbocycles. The van der Waals surface area contributed by atoms with E-state index in [4.69, 9.17) is 4.74 Å². The number of nitrogens with one attached hydrogen (secondary N) is 1. The minimum Gasteiger partial charge on any atom is -0.493 e. The van der Waals surface area contributed by atoms with Crippen LogP contribution in [0.3, 0.4) is 0 Å². The highest BCUT2D eigenvalue weighted by Gasteiger charge is 2.03. The van der Waals surface area contributed by atoms with E-state index >= 15 is 0 Å². The van der Waals surface area contributed by atoms with Crippen molar-refractivity contribution in [3.8, 4) is 5.75 Å². The Bertz CT molecular complexity index is 346. The molecule has 0 aliphatic heterocycles. The second-order valence-corrected chi connectivity index (χ2v) is 4.14. The average molecular weight is 219 g/mol. The van der Waals surface area contributed by atoms with Crippen LogP contribution in [-0.4, -0.2) is 13.7 Å². The molecule has 0 saturated carbocycles. The Morgan fingerprint density at radius 1 is 1.50 bits per heavy atom. The molecule has 1 aromatic rings. The SMILES string of the molecule is C=C(C)CCOc1cccc(C(C)NC)c1. The highest BCUT2D eigenvalue weighted by Crippen LogP contribution is 2.19. The molecule has 88 valence electrons. The first kappa shape index (κ1) is 12.8. The second kappa shape index (κ2) is 6.33. The van der Waals surface area contributed by atoms with Crippen molar-refractivity contribution < 1.29 is 4.74 Å². The maximum absolute atomic E-state index is 5.66. The van der Waals surface area contributed by atoms with Crippen LogP contribution in [0.2, 0.25) is 0 Å². The van der Waals surface area contributed by atoms with E-state index in [2.05, 4.69) is 31.0 Å². The molecule has 1 atom stereocenters. The van der Waals surface area contributed by atoms with Gasteiger partial charge in [-0.2, -0.15) is 0 Å². The van der Waals surface area contributed by atoms with Gasteiger partial charge >= 0.3 is 0 Å². The fourth-order valence-electron chi connectivity index (χ4n) is 1.38. The maximum atomic E-state index is 5.66. The van der Waals surface area contributed by atoms with Gasteiger partial charge in [0.25, 0.3) is 0 Å². The summed E-state index contributed by atoms with van der Waals surface area (Å²) in [6, 6.07) is 8.56. The smallest absolute Gasteiger partial charge is 0.119 e. The normalized spacial score (nSPS) is 12.2. The molecule has 0 amide bonds. The fourth-order valence-corrected chi connectivity index (χ4v) is 1.38. The van der Waals surface area contributed by atoms with Gasteiger partial charge in [-0.05, 0) is 38.6 Å². The molecule has 0 radical (unpaired) electrons. The first-order valence-corrected chi connectivity index (χ1v) is 5.68.